The number of Topliss-reactive ketones (excluding diaryl/α,β-unsaturated/α-hetero) is 1. The third-order valence-electron chi connectivity index (χ3n) is 9.19. The smallest absolute Gasteiger partial charge is 0.136 e. The molecule has 5 atom stereocenters. The van der Waals surface area contributed by atoms with Crippen LogP contribution >= 0.6 is 0 Å². The summed E-state index contributed by atoms with van der Waals surface area (Å²) in [5.74, 6) is 7.57. The van der Waals surface area contributed by atoms with Crippen LogP contribution in [0, 0.1) is 29.1 Å². The second-order valence-corrected chi connectivity index (χ2v) is 11.0. The van der Waals surface area contributed by atoms with Crippen molar-refractivity contribution < 1.29 is 15.0 Å². The Labute approximate surface area is 191 Å². The topological polar surface area (TPSA) is 60.8 Å². The molecule has 32 heavy (non-hydrogen) atoms. The molecule has 0 aromatic heterocycles. The van der Waals surface area contributed by atoms with E-state index < -0.39 is 11.2 Å². The first-order valence-corrected chi connectivity index (χ1v) is 12.1. The molecule has 0 amide bonds. The summed E-state index contributed by atoms with van der Waals surface area (Å²) in [5, 5.41) is 23.0. The van der Waals surface area contributed by atoms with Gasteiger partial charge in [-0.1, -0.05) is 24.3 Å². The highest BCUT2D eigenvalue weighted by Crippen LogP contribution is 2.64. The van der Waals surface area contributed by atoms with Crippen LogP contribution in [0.1, 0.15) is 70.3 Å². The van der Waals surface area contributed by atoms with Crippen molar-refractivity contribution in [2.45, 2.75) is 75.9 Å². The summed E-state index contributed by atoms with van der Waals surface area (Å²) in [6, 6.07) is 8.17. The van der Waals surface area contributed by atoms with Gasteiger partial charge in [0.2, 0.25) is 0 Å². The van der Waals surface area contributed by atoms with Crippen molar-refractivity contribution in [1.29, 1.82) is 0 Å². The van der Waals surface area contributed by atoms with Gasteiger partial charge in [-0.05, 0) is 86.6 Å². The highest BCUT2D eigenvalue weighted by atomic mass is 16.3. The van der Waals surface area contributed by atoms with E-state index in [1.165, 1.54) is 5.57 Å². The fraction of sp³-hybridized carbons (Fsp3) is 0.607. The van der Waals surface area contributed by atoms with E-state index in [4.69, 9.17) is 0 Å². The van der Waals surface area contributed by atoms with Crippen molar-refractivity contribution >= 4 is 11.5 Å². The second-order valence-electron chi connectivity index (χ2n) is 11.0. The average molecular weight is 434 g/mol. The van der Waals surface area contributed by atoms with Crippen LogP contribution in [0.2, 0.25) is 0 Å². The summed E-state index contributed by atoms with van der Waals surface area (Å²) in [5.41, 5.74) is 2.52. The second kappa shape index (κ2) is 7.47. The Hall–Kier alpha value is -2.09. The van der Waals surface area contributed by atoms with Crippen LogP contribution in [0.25, 0.3) is 0 Å². The van der Waals surface area contributed by atoms with E-state index in [-0.39, 0.29) is 11.2 Å². The van der Waals surface area contributed by atoms with Crippen molar-refractivity contribution in [3.63, 3.8) is 0 Å². The van der Waals surface area contributed by atoms with Crippen LogP contribution in [0.15, 0.2) is 35.4 Å². The van der Waals surface area contributed by atoms with Gasteiger partial charge in [0.25, 0.3) is 0 Å². The highest BCUT2D eigenvalue weighted by Gasteiger charge is 2.61. The molecule has 0 saturated heterocycles. The molecule has 3 saturated carbocycles. The maximum Gasteiger partial charge on any atom is 0.136 e. The molecule has 0 spiro atoms. The molecule has 4 heteroatoms. The summed E-state index contributed by atoms with van der Waals surface area (Å²) < 4.78 is 0. The van der Waals surface area contributed by atoms with Crippen molar-refractivity contribution in [2.24, 2.45) is 17.3 Å². The van der Waals surface area contributed by atoms with Gasteiger partial charge in [-0.15, -0.1) is 0 Å². The van der Waals surface area contributed by atoms with Crippen molar-refractivity contribution in [3.8, 4) is 11.8 Å². The molecular weight excluding hydrogens is 398 g/mol. The Morgan fingerprint density at radius 3 is 2.47 bits per heavy atom. The average Bonchev–Trinajstić information content (AvgIpc) is 3.03. The summed E-state index contributed by atoms with van der Waals surface area (Å²) in [4.78, 5) is 14.1. The summed E-state index contributed by atoms with van der Waals surface area (Å²) in [6.45, 7) is 2.24. The van der Waals surface area contributed by atoms with Gasteiger partial charge in [-0.3, -0.25) is 4.79 Å². The lowest BCUT2D eigenvalue weighted by Crippen LogP contribution is -2.51. The molecule has 4 aliphatic carbocycles. The van der Waals surface area contributed by atoms with E-state index in [9.17, 15) is 15.0 Å². The van der Waals surface area contributed by atoms with E-state index >= 15 is 0 Å². The minimum atomic E-state index is -0.982. The summed E-state index contributed by atoms with van der Waals surface area (Å²) in [7, 11) is 4.04. The molecule has 5 rings (SSSR count). The number of ketones is 1. The van der Waals surface area contributed by atoms with Crippen LogP contribution in [0.4, 0.5) is 5.69 Å². The molecular formula is C28H35NO3. The molecule has 0 aliphatic heterocycles. The maximum atomic E-state index is 12.0. The van der Waals surface area contributed by atoms with Gasteiger partial charge in [-0.25, -0.2) is 0 Å². The van der Waals surface area contributed by atoms with Crippen molar-refractivity contribution in [2.75, 3.05) is 19.0 Å². The third-order valence-corrected chi connectivity index (χ3v) is 9.19. The summed E-state index contributed by atoms with van der Waals surface area (Å²) >= 11 is 0. The fourth-order valence-electron chi connectivity index (χ4n) is 7.22. The Morgan fingerprint density at radius 1 is 1.00 bits per heavy atom. The van der Waals surface area contributed by atoms with Gasteiger partial charge >= 0.3 is 0 Å². The van der Waals surface area contributed by atoms with Crippen LogP contribution in [-0.2, 0) is 4.79 Å². The zero-order valence-electron chi connectivity index (χ0n) is 19.6. The number of carbonyl (C=O) groups excluding carboxylic acids is 1. The molecule has 1 aromatic rings. The molecule has 3 fully saturated rings. The Kier molecular flexibility index (Phi) is 5.07. The number of anilines is 1. The molecule has 0 radical (unpaired) electrons. The number of carbonyl (C=O) groups is 1. The molecule has 0 unspecified atom stereocenters. The molecule has 4 nitrogen and oxygen atoms in total. The van der Waals surface area contributed by atoms with E-state index in [2.05, 4.69) is 35.8 Å². The van der Waals surface area contributed by atoms with Crippen LogP contribution in [0.5, 0.6) is 0 Å². The quantitative estimate of drug-likeness (QED) is 0.514. The van der Waals surface area contributed by atoms with E-state index in [1.807, 2.05) is 26.2 Å². The zero-order chi connectivity index (χ0) is 22.7. The monoisotopic (exact) mass is 433 g/mol. The number of hydrogen-bond donors (Lipinski definition) is 2. The fourth-order valence-corrected chi connectivity index (χ4v) is 7.22. The van der Waals surface area contributed by atoms with Crippen molar-refractivity contribution in [3.05, 3.63) is 41.0 Å². The zero-order valence-corrected chi connectivity index (χ0v) is 19.6. The van der Waals surface area contributed by atoms with E-state index in [0.717, 1.165) is 48.9 Å². The van der Waals surface area contributed by atoms with Crippen LogP contribution in [-0.4, -0.2) is 41.3 Å². The number of hydrogen-bond acceptors (Lipinski definition) is 4. The number of nitrogens with zero attached hydrogens (tertiary/aromatic N) is 1. The minimum Gasteiger partial charge on any atom is -0.385 e. The summed E-state index contributed by atoms with van der Waals surface area (Å²) in [6.07, 6.45) is 6.65. The van der Waals surface area contributed by atoms with E-state index in [1.54, 1.807) is 0 Å². The van der Waals surface area contributed by atoms with Gasteiger partial charge in [0.1, 0.15) is 11.4 Å². The standard InChI is InChI=1S/C28H35NO3/c1-26-14-11-23-22(12-15-27(31)18-21(30)8-9-25(23)27)24(26)13-17-28(26,32)16-10-19-4-6-20(7-5-19)29(2)3/h4-7,22,24,31-32H,8-9,11-15,17-18H2,1-3H3/t22-,24+,26+,27-,28+/m1/s1. The Balaban J connectivity index is 1.42. The largest absolute Gasteiger partial charge is 0.385 e. The van der Waals surface area contributed by atoms with Gasteiger partial charge in [0, 0.05) is 43.6 Å². The predicted molar refractivity (Wildman–Crippen MR) is 126 cm³/mol. The third kappa shape index (κ3) is 3.25. The first kappa shape index (κ1) is 21.7. The highest BCUT2D eigenvalue weighted by molar-refractivity contribution is 5.82. The first-order valence-electron chi connectivity index (χ1n) is 12.1. The lowest BCUT2D eigenvalue weighted by Gasteiger charge is -2.53. The Bertz CT molecular complexity index is 1030. The maximum absolute atomic E-state index is 12.0. The van der Waals surface area contributed by atoms with Gasteiger partial charge < -0.3 is 15.1 Å². The molecule has 4 aliphatic rings. The van der Waals surface area contributed by atoms with Gasteiger partial charge in [-0.2, -0.15) is 0 Å². The lowest BCUT2D eigenvalue weighted by atomic mass is 9.53. The number of allylic oxidation sites excluding steroid dienone is 1. The predicted octanol–water partition coefficient (Wildman–Crippen LogP) is 4.24. The molecule has 0 bridgehead atoms. The van der Waals surface area contributed by atoms with Crippen molar-refractivity contribution in [1.82, 2.24) is 0 Å². The molecule has 0 heterocycles. The Morgan fingerprint density at radius 2 is 1.75 bits per heavy atom. The number of benzene rings is 1. The number of fused-ring (bicyclic) bond motifs is 4. The minimum absolute atomic E-state index is 0.195. The van der Waals surface area contributed by atoms with Gasteiger partial charge in [0.05, 0.1) is 5.60 Å². The first-order chi connectivity index (χ1) is 15.2. The SMILES string of the molecule is CN(C)c1ccc(C#C[C@]2(O)CC[C@H]3[C@@H]4CC[C@@]5(O)CC(=O)CCC5=C4CC[C@@]32C)cc1. The van der Waals surface area contributed by atoms with Crippen LogP contribution in [0.3, 0.4) is 0 Å². The normalized spacial score (nSPS) is 38.3. The lowest BCUT2D eigenvalue weighted by molar-refractivity contribution is -0.126. The number of aliphatic hydroxyl groups is 2. The van der Waals surface area contributed by atoms with E-state index in [0.29, 0.717) is 37.5 Å². The van der Waals surface area contributed by atoms with Gasteiger partial charge in [0.15, 0.2) is 0 Å². The number of rotatable bonds is 1. The van der Waals surface area contributed by atoms with Crippen LogP contribution < -0.4 is 4.90 Å². The molecule has 2 N–H and O–H groups in total. The molecule has 170 valence electrons. The molecule has 1 aromatic carbocycles.